The van der Waals surface area contributed by atoms with Gasteiger partial charge < -0.3 is 15.4 Å². The molecule has 2 aromatic rings. The molecule has 0 aromatic heterocycles. The molecule has 0 radical (unpaired) electrons. The molecule has 2 aromatic carbocycles. The molecule has 1 saturated heterocycles. The molecule has 4 rings (SSSR count). The van der Waals surface area contributed by atoms with Gasteiger partial charge in [0.25, 0.3) is 0 Å². The number of carbonyl (C=O) groups is 2. The SMILES string of the molecule is O=C1C[C@H](C(=O)NC2C=C(c3cccc(COC(C(F)(F)F)C(F)(F)F)c3)N(c3ccccc3)N2)CN1. The number of hydrazine groups is 1. The van der Waals surface area contributed by atoms with Crippen molar-refractivity contribution >= 4 is 23.2 Å². The Morgan fingerprint density at radius 3 is 2.38 bits per heavy atom. The standard InChI is InChI=1S/C24H22F6N4O3/c25-23(26,27)22(24(28,29)30)37-13-14-5-4-6-15(9-14)18-11-19(32-21(36)16-10-20(35)31-12-16)33-34(18)17-7-2-1-3-8-17/h1-9,11,16,19,22,33H,10,12-13H2,(H,31,35)(H,32,36)/t16-,19?/m0/s1. The van der Waals surface area contributed by atoms with Gasteiger partial charge in [0.15, 0.2) is 0 Å². The Bertz CT molecular complexity index is 1160. The molecule has 7 nitrogen and oxygen atoms in total. The zero-order valence-corrected chi connectivity index (χ0v) is 19.1. The molecule has 198 valence electrons. The first kappa shape index (κ1) is 26.5. The minimum Gasteiger partial charge on any atom is -0.356 e. The van der Waals surface area contributed by atoms with Crippen LogP contribution in [0.3, 0.4) is 0 Å². The highest BCUT2D eigenvalue weighted by molar-refractivity contribution is 5.90. The maximum atomic E-state index is 12.8. The van der Waals surface area contributed by atoms with Crippen LogP contribution in [0.25, 0.3) is 5.70 Å². The van der Waals surface area contributed by atoms with Gasteiger partial charge in [0, 0.05) is 13.0 Å². The Labute approximate surface area is 207 Å². The van der Waals surface area contributed by atoms with Crippen LogP contribution >= 0.6 is 0 Å². The first-order chi connectivity index (χ1) is 17.4. The average Bonchev–Trinajstić information content (AvgIpc) is 3.45. The average molecular weight is 528 g/mol. The summed E-state index contributed by atoms with van der Waals surface area (Å²) in [7, 11) is 0. The highest BCUT2D eigenvalue weighted by atomic mass is 19.4. The molecule has 2 amide bonds. The van der Waals surface area contributed by atoms with E-state index in [0.29, 0.717) is 16.9 Å². The predicted octanol–water partition coefficient (Wildman–Crippen LogP) is 3.64. The summed E-state index contributed by atoms with van der Waals surface area (Å²) >= 11 is 0. The van der Waals surface area contributed by atoms with E-state index in [4.69, 9.17) is 0 Å². The van der Waals surface area contributed by atoms with Crippen LogP contribution in [0.2, 0.25) is 0 Å². The number of para-hydroxylation sites is 1. The first-order valence-electron chi connectivity index (χ1n) is 11.2. The summed E-state index contributed by atoms with van der Waals surface area (Å²) in [6.45, 7) is -0.707. The molecule has 1 unspecified atom stereocenters. The fourth-order valence-corrected chi connectivity index (χ4v) is 4.00. The molecule has 2 aliphatic rings. The summed E-state index contributed by atoms with van der Waals surface area (Å²) in [6.07, 6.45) is -14.1. The number of ether oxygens (including phenoxy) is 1. The Balaban J connectivity index is 1.56. The second-order valence-electron chi connectivity index (χ2n) is 8.52. The minimum absolute atomic E-state index is 0.0659. The van der Waals surface area contributed by atoms with Crippen molar-refractivity contribution in [1.82, 2.24) is 16.1 Å². The van der Waals surface area contributed by atoms with Crippen LogP contribution in [0.15, 0.2) is 60.7 Å². The summed E-state index contributed by atoms with van der Waals surface area (Å²) in [4.78, 5) is 24.1. The van der Waals surface area contributed by atoms with Crippen LogP contribution in [0, 0.1) is 5.92 Å². The maximum absolute atomic E-state index is 12.8. The molecule has 0 aliphatic carbocycles. The second-order valence-corrected chi connectivity index (χ2v) is 8.52. The number of hydrogen-bond acceptors (Lipinski definition) is 5. The maximum Gasteiger partial charge on any atom is 0.423 e. The Morgan fingerprint density at radius 1 is 1.05 bits per heavy atom. The van der Waals surface area contributed by atoms with Crippen molar-refractivity contribution in [2.24, 2.45) is 5.92 Å². The zero-order chi connectivity index (χ0) is 26.8. The van der Waals surface area contributed by atoms with E-state index in [2.05, 4.69) is 20.8 Å². The Kier molecular flexibility index (Phi) is 7.46. The molecule has 37 heavy (non-hydrogen) atoms. The topological polar surface area (TPSA) is 82.7 Å². The van der Waals surface area contributed by atoms with Crippen molar-refractivity contribution < 1.29 is 40.7 Å². The number of nitrogens with zero attached hydrogens (tertiary/aromatic N) is 1. The first-order valence-corrected chi connectivity index (χ1v) is 11.2. The van der Waals surface area contributed by atoms with Crippen LogP contribution in [0.5, 0.6) is 0 Å². The Morgan fingerprint density at radius 2 is 1.76 bits per heavy atom. The van der Waals surface area contributed by atoms with Crippen LogP contribution in [0.4, 0.5) is 32.0 Å². The molecule has 0 spiro atoms. The molecule has 13 heteroatoms. The number of nitrogens with one attached hydrogen (secondary N) is 3. The lowest BCUT2D eigenvalue weighted by atomic mass is 10.1. The van der Waals surface area contributed by atoms with E-state index in [0.717, 1.165) is 0 Å². The molecular weight excluding hydrogens is 506 g/mol. The number of anilines is 1. The summed E-state index contributed by atoms with van der Waals surface area (Å²) < 4.78 is 81.3. The van der Waals surface area contributed by atoms with Gasteiger partial charge in [0.1, 0.15) is 6.17 Å². The smallest absolute Gasteiger partial charge is 0.356 e. The molecule has 1 fully saturated rings. The quantitative estimate of drug-likeness (QED) is 0.479. The van der Waals surface area contributed by atoms with Crippen molar-refractivity contribution in [2.75, 3.05) is 11.6 Å². The number of carbonyl (C=O) groups excluding carboxylic acids is 2. The largest absolute Gasteiger partial charge is 0.423 e. The summed E-state index contributed by atoms with van der Waals surface area (Å²) in [6, 6.07) is 14.8. The molecule has 2 aliphatic heterocycles. The van der Waals surface area contributed by atoms with Gasteiger partial charge in [0.2, 0.25) is 17.9 Å². The van der Waals surface area contributed by atoms with E-state index in [-0.39, 0.29) is 30.3 Å². The van der Waals surface area contributed by atoms with Crippen molar-refractivity contribution in [3.05, 3.63) is 71.8 Å². The lowest BCUT2D eigenvalue weighted by molar-refractivity contribution is -0.324. The van der Waals surface area contributed by atoms with Crippen LogP contribution in [0.1, 0.15) is 17.5 Å². The van der Waals surface area contributed by atoms with Crippen molar-refractivity contribution in [3.8, 4) is 0 Å². The summed E-state index contributed by atoms with van der Waals surface area (Å²) in [5, 5.41) is 7.02. The fourth-order valence-electron chi connectivity index (χ4n) is 4.00. The summed E-state index contributed by atoms with van der Waals surface area (Å²) in [5.74, 6) is -1.11. The number of rotatable bonds is 7. The van der Waals surface area contributed by atoms with E-state index in [1.54, 1.807) is 47.5 Å². The molecule has 0 bridgehead atoms. The third-order valence-electron chi connectivity index (χ3n) is 5.73. The molecule has 2 atom stereocenters. The van der Waals surface area contributed by atoms with Gasteiger partial charge in [-0.1, -0.05) is 36.4 Å². The lowest BCUT2D eigenvalue weighted by Gasteiger charge is -2.25. The van der Waals surface area contributed by atoms with Crippen molar-refractivity contribution in [1.29, 1.82) is 0 Å². The summed E-state index contributed by atoms with van der Waals surface area (Å²) in [5.41, 5.74) is 4.82. The van der Waals surface area contributed by atoms with Crippen LogP contribution in [-0.2, 0) is 20.9 Å². The Hall–Kier alpha value is -3.58. The van der Waals surface area contributed by atoms with Gasteiger partial charge in [-0.3, -0.25) is 14.6 Å². The molecular formula is C24H22F6N4O3. The lowest BCUT2D eigenvalue weighted by Crippen LogP contribution is -2.48. The van der Waals surface area contributed by atoms with Gasteiger partial charge in [-0.25, -0.2) is 5.43 Å². The third-order valence-corrected chi connectivity index (χ3v) is 5.73. The number of alkyl halides is 6. The number of hydrogen-bond donors (Lipinski definition) is 3. The monoisotopic (exact) mass is 528 g/mol. The van der Waals surface area contributed by atoms with Crippen molar-refractivity contribution in [2.45, 2.75) is 37.7 Å². The highest BCUT2D eigenvalue weighted by Gasteiger charge is 2.58. The predicted molar refractivity (Wildman–Crippen MR) is 120 cm³/mol. The van der Waals surface area contributed by atoms with Gasteiger partial charge in [-0.15, -0.1) is 0 Å². The minimum atomic E-state index is -5.61. The number of benzene rings is 2. The molecule has 3 N–H and O–H groups in total. The van der Waals surface area contributed by atoms with Gasteiger partial charge in [-0.05, 0) is 35.4 Å². The van der Waals surface area contributed by atoms with Crippen molar-refractivity contribution in [3.63, 3.8) is 0 Å². The van der Waals surface area contributed by atoms with Gasteiger partial charge in [0.05, 0.1) is 23.9 Å². The van der Waals surface area contributed by atoms with E-state index in [1.807, 2.05) is 0 Å². The van der Waals surface area contributed by atoms with E-state index < -0.39 is 37.1 Å². The van der Waals surface area contributed by atoms with Crippen LogP contribution in [-0.4, -0.2) is 43.0 Å². The second kappa shape index (κ2) is 10.4. The van der Waals surface area contributed by atoms with E-state index in [9.17, 15) is 35.9 Å². The number of amides is 2. The van der Waals surface area contributed by atoms with E-state index >= 15 is 0 Å². The molecule has 2 heterocycles. The normalized spacial score (nSPS) is 20.2. The van der Waals surface area contributed by atoms with Gasteiger partial charge >= 0.3 is 12.4 Å². The van der Waals surface area contributed by atoms with Crippen LogP contribution < -0.4 is 21.1 Å². The zero-order valence-electron chi connectivity index (χ0n) is 19.1. The molecule has 0 saturated carbocycles. The fraction of sp³-hybridized carbons (Fsp3) is 0.333. The highest BCUT2D eigenvalue weighted by Crippen LogP contribution is 2.36. The number of halogens is 6. The van der Waals surface area contributed by atoms with Gasteiger partial charge in [-0.2, -0.15) is 26.3 Å². The third kappa shape index (κ3) is 6.41. The van der Waals surface area contributed by atoms with E-state index in [1.165, 1.54) is 18.2 Å².